The number of amides is 1. The molecule has 3 aromatic heterocycles. The molecule has 0 unspecified atom stereocenters. The summed E-state index contributed by atoms with van der Waals surface area (Å²) in [6.45, 7) is 5.78. The van der Waals surface area contributed by atoms with E-state index in [1.54, 1.807) is 16.3 Å². The molecule has 10 heteroatoms. The summed E-state index contributed by atoms with van der Waals surface area (Å²) in [4.78, 5) is 24.2. The van der Waals surface area contributed by atoms with Crippen LogP contribution in [0.4, 0.5) is 0 Å². The average Bonchev–Trinajstić information content (AvgIpc) is 3.19. The second-order valence-corrected chi connectivity index (χ2v) is 9.52. The van der Waals surface area contributed by atoms with Crippen molar-refractivity contribution in [3.63, 3.8) is 0 Å². The molecule has 1 atom stereocenters. The normalized spacial score (nSPS) is 17.6. The fraction of sp³-hybridized carbons (Fsp3) is 0.435. The summed E-state index contributed by atoms with van der Waals surface area (Å²) in [6.07, 6.45) is 6.95. The maximum atomic E-state index is 13.2. The van der Waals surface area contributed by atoms with Gasteiger partial charge in [-0.2, -0.15) is 10.4 Å². The van der Waals surface area contributed by atoms with Crippen molar-refractivity contribution in [1.29, 1.82) is 5.26 Å². The van der Waals surface area contributed by atoms with Gasteiger partial charge in [-0.05, 0) is 57.2 Å². The molecule has 1 amide bonds. The Kier molecular flexibility index (Phi) is 6.79. The van der Waals surface area contributed by atoms with Gasteiger partial charge in [0.05, 0.1) is 6.20 Å². The Morgan fingerprint density at radius 2 is 2.15 bits per heavy atom. The van der Waals surface area contributed by atoms with Gasteiger partial charge in [0.2, 0.25) is 0 Å². The van der Waals surface area contributed by atoms with Gasteiger partial charge in [0.25, 0.3) is 5.91 Å². The Morgan fingerprint density at radius 3 is 2.76 bits per heavy atom. The summed E-state index contributed by atoms with van der Waals surface area (Å²) in [5.74, 6) is 1.22. The van der Waals surface area contributed by atoms with Crippen LogP contribution in [-0.4, -0.2) is 55.7 Å². The minimum atomic E-state index is -0.0773. The molecule has 3 aromatic rings. The Morgan fingerprint density at radius 1 is 1.33 bits per heavy atom. The molecule has 0 radical (unpaired) electrons. The van der Waals surface area contributed by atoms with E-state index in [0.29, 0.717) is 33.7 Å². The third-order valence-corrected chi connectivity index (χ3v) is 6.88. The van der Waals surface area contributed by atoms with Gasteiger partial charge in [-0.1, -0.05) is 6.07 Å². The van der Waals surface area contributed by atoms with E-state index in [1.807, 2.05) is 31.0 Å². The quantitative estimate of drug-likeness (QED) is 0.572. The van der Waals surface area contributed by atoms with Gasteiger partial charge in [-0.3, -0.25) is 4.79 Å². The zero-order valence-corrected chi connectivity index (χ0v) is 20.2. The zero-order chi connectivity index (χ0) is 22.2. The van der Waals surface area contributed by atoms with Crippen LogP contribution in [0, 0.1) is 11.3 Å². The Balaban J connectivity index is 0.00000259. The van der Waals surface area contributed by atoms with Crippen molar-refractivity contribution in [2.24, 2.45) is 0 Å². The van der Waals surface area contributed by atoms with Gasteiger partial charge in [0.1, 0.15) is 28.0 Å². The number of nitriles is 1. The number of hydrogen-bond acceptors (Lipinski definition) is 7. The lowest BCUT2D eigenvalue weighted by atomic mass is 10.1. The van der Waals surface area contributed by atoms with Crippen LogP contribution < -0.4 is 5.32 Å². The third kappa shape index (κ3) is 4.64. The van der Waals surface area contributed by atoms with E-state index >= 15 is 0 Å². The standard InChI is InChI=1S/C23H25N7OS.ClH/c1-14(2)30(18-7-8-25-11-18)23(31)19-13-32-22(27-19)21-17(9-24)12-29(28-21)20-6-5-16(10-26-20)15-3-4-15;/h5-6,10,12-15,18,25H,3-4,7-8,11H2,1-2H3;1H/t18-;/m0./s1. The Labute approximate surface area is 203 Å². The predicted octanol–water partition coefficient (Wildman–Crippen LogP) is 3.77. The van der Waals surface area contributed by atoms with Gasteiger partial charge in [0.15, 0.2) is 5.82 Å². The highest BCUT2D eigenvalue weighted by atomic mass is 35.5. The summed E-state index contributed by atoms with van der Waals surface area (Å²) in [5.41, 5.74) is 2.53. The Hall–Kier alpha value is -2.80. The number of pyridine rings is 1. The van der Waals surface area contributed by atoms with Crippen molar-refractivity contribution < 1.29 is 4.79 Å². The van der Waals surface area contributed by atoms with Crippen molar-refractivity contribution in [2.75, 3.05) is 13.1 Å². The molecule has 0 spiro atoms. The third-order valence-electron chi connectivity index (χ3n) is 6.03. The fourth-order valence-electron chi connectivity index (χ4n) is 4.23. The maximum Gasteiger partial charge on any atom is 0.273 e. The number of nitrogens with one attached hydrogen (secondary N) is 1. The summed E-state index contributed by atoms with van der Waals surface area (Å²) < 4.78 is 1.61. The van der Waals surface area contributed by atoms with Crippen molar-refractivity contribution >= 4 is 29.7 Å². The smallest absolute Gasteiger partial charge is 0.273 e. The number of carbonyl (C=O) groups excluding carboxylic acids is 1. The van der Waals surface area contributed by atoms with Crippen LogP contribution in [0.3, 0.4) is 0 Å². The summed E-state index contributed by atoms with van der Waals surface area (Å²) in [7, 11) is 0. The van der Waals surface area contributed by atoms with Gasteiger partial charge in [0, 0.05) is 30.2 Å². The van der Waals surface area contributed by atoms with E-state index in [-0.39, 0.29) is 30.4 Å². The second-order valence-electron chi connectivity index (χ2n) is 8.66. The molecule has 1 aliphatic heterocycles. The number of halogens is 1. The molecule has 4 heterocycles. The van der Waals surface area contributed by atoms with Crippen LogP contribution in [0.15, 0.2) is 29.9 Å². The maximum absolute atomic E-state index is 13.2. The Bertz CT molecular complexity index is 1170. The molecule has 1 saturated heterocycles. The molecule has 0 aromatic carbocycles. The fourth-order valence-corrected chi connectivity index (χ4v) is 5.02. The highest BCUT2D eigenvalue weighted by molar-refractivity contribution is 7.13. The lowest BCUT2D eigenvalue weighted by Gasteiger charge is -2.31. The van der Waals surface area contributed by atoms with E-state index in [4.69, 9.17) is 0 Å². The minimum absolute atomic E-state index is 0. The number of hydrogen-bond donors (Lipinski definition) is 1. The van der Waals surface area contributed by atoms with Crippen molar-refractivity contribution in [3.05, 3.63) is 46.7 Å². The van der Waals surface area contributed by atoms with Crippen LogP contribution >= 0.6 is 23.7 Å². The molecule has 1 aliphatic carbocycles. The molecule has 2 fully saturated rings. The summed E-state index contributed by atoms with van der Waals surface area (Å²) in [5, 5.41) is 19.9. The highest BCUT2D eigenvalue weighted by Crippen LogP contribution is 2.39. The summed E-state index contributed by atoms with van der Waals surface area (Å²) >= 11 is 1.33. The summed E-state index contributed by atoms with van der Waals surface area (Å²) in [6, 6.07) is 6.46. The first-order valence-corrected chi connectivity index (χ1v) is 11.9. The molecule has 33 heavy (non-hydrogen) atoms. The minimum Gasteiger partial charge on any atom is -0.331 e. The largest absolute Gasteiger partial charge is 0.331 e. The van der Waals surface area contributed by atoms with Crippen LogP contribution in [0.5, 0.6) is 0 Å². The van der Waals surface area contributed by atoms with Gasteiger partial charge < -0.3 is 10.2 Å². The van der Waals surface area contributed by atoms with Crippen LogP contribution in [0.25, 0.3) is 16.5 Å². The monoisotopic (exact) mass is 483 g/mol. The van der Waals surface area contributed by atoms with E-state index in [1.165, 1.54) is 29.7 Å². The lowest BCUT2D eigenvalue weighted by Crippen LogP contribution is -2.46. The van der Waals surface area contributed by atoms with Crippen molar-refractivity contribution in [3.8, 4) is 22.6 Å². The van der Waals surface area contributed by atoms with Crippen LogP contribution in [-0.2, 0) is 0 Å². The number of aromatic nitrogens is 4. The molecule has 0 bridgehead atoms. The van der Waals surface area contributed by atoms with Crippen molar-refractivity contribution in [1.82, 2.24) is 30.0 Å². The molecular weight excluding hydrogens is 458 g/mol. The average molecular weight is 484 g/mol. The molecule has 1 N–H and O–H groups in total. The van der Waals surface area contributed by atoms with Gasteiger partial charge in [-0.15, -0.1) is 23.7 Å². The topological polar surface area (TPSA) is 99.7 Å². The molecule has 2 aliphatic rings. The molecule has 5 rings (SSSR count). The number of thiazole rings is 1. The zero-order valence-electron chi connectivity index (χ0n) is 18.6. The van der Waals surface area contributed by atoms with Gasteiger partial charge in [-0.25, -0.2) is 14.6 Å². The highest BCUT2D eigenvalue weighted by Gasteiger charge is 2.31. The lowest BCUT2D eigenvalue weighted by molar-refractivity contribution is 0.0621. The van der Waals surface area contributed by atoms with Crippen LogP contribution in [0.1, 0.15) is 60.6 Å². The first-order chi connectivity index (χ1) is 15.5. The van der Waals surface area contributed by atoms with E-state index in [0.717, 1.165) is 19.5 Å². The number of carbonyl (C=O) groups is 1. The SMILES string of the molecule is CC(C)N(C(=O)c1csc(-c2nn(-c3ccc(C4CC4)cn3)cc2C#N)n1)[C@H]1CCNC1.Cl. The van der Waals surface area contributed by atoms with E-state index in [2.05, 4.69) is 32.5 Å². The predicted molar refractivity (Wildman–Crippen MR) is 129 cm³/mol. The first kappa shape index (κ1) is 23.4. The van der Waals surface area contributed by atoms with Crippen LogP contribution in [0.2, 0.25) is 0 Å². The van der Waals surface area contributed by atoms with Gasteiger partial charge >= 0.3 is 0 Å². The van der Waals surface area contributed by atoms with E-state index < -0.39 is 0 Å². The molecule has 8 nitrogen and oxygen atoms in total. The molecule has 1 saturated carbocycles. The second kappa shape index (κ2) is 9.59. The van der Waals surface area contributed by atoms with E-state index in [9.17, 15) is 10.1 Å². The number of nitrogens with zero attached hydrogens (tertiary/aromatic N) is 6. The molecule has 172 valence electrons. The first-order valence-electron chi connectivity index (χ1n) is 11.0. The van der Waals surface area contributed by atoms with Crippen molar-refractivity contribution in [2.45, 2.75) is 51.1 Å². The number of rotatable bonds is 6. The molecular formula is C23H26ClN7OS.